The van der Waals surface area contributed by atoms with Crippen LogP contribution in [-0.4, -0.2) is 33.5 Å². The lowest BCUT2D eigenvalue weighted by atomic mass is 10.2. The minimum absolute atomic E-state index is 0.0842. The molecule has 0 aromatic heterocycles. The Labute approximate surface area is 101 Å². The number of carbonyl (C=O) groups excluding carboxylic acids is 1. The first-order valence-electron chi connectivity index (χ1n) is 5.60. The van der Waals surface area contributed by atoms with Gasteiger partial charge in [-0.1, -0.05) is 13.8 Å². The normalized spacial score (nSPS) is 16.2. The second kappa shape index (κ2) is 7.54. The zero-order chi connectivity index (χ0) is 12.7. The van der Waals surface area contributed by atoms with Crippen LogP contribution < -0.4 is 5.32 Å². The molecule has 0 rings (SSSR count). The molecule has 0 saturated carbocycles. The molecular formula is C11H21NO3S. The Hall–Kier alpha value is -0.710. The van der Waals surface area contributed by atoms with Crippen LogP contribution in [0.2, 0.25) is 0 Å². The SMILES string of the molecule is CCC(C)NC(=O)C(C)SC(CC)C(=O)O. The molecule has 0 bridgehead atoms. The molecule has 3 unspecified atom stereocenters. The molecule has 3 atom stereocenters. The maximum Gasteiger partial charge on any atom is 0.316 e. The van der Waals surface area contributed by atoms with E-state index in [1.54, 1.807) is 6.92 Å². The summed E-state index contributed by atoms with van der Waals surface area (Å²) in [4.78, 5) is 22.5. The van der Waals surface area contributed by atoms with E-state index >= 15 is 0 Å². The fourth-order valence-electron chi connectivity index (χ4n) is 1.10. The van der Waals surface area contributed by atoms with Gasteiger partial charge >= 0.3 is 5.97 Å². The number of carboxylic acid groups (broad SMARTS) is 1. The molecule has 16 heavy (non-hydrogen) atoms. The van der Waals surface area contributed by atoms with Crippen LogP contribution in [-0.2, 0) is 9.59 Å². The topological polar surface area (TPSA) is 66.4 Å². The lowest BCUT2D eigenvalue weighted by Gasteiger charge is -2.18. The van der Waals surface area contributed by atoms with Crippen LogP contribution >= 0.6 is 11.8 Å². The molecule has 0 saturated heterocycles. The summed E-state index contributed by atoms with van der Waals surface area (Å²) < 4.78 is 0. The highest BCUT2D eigenvalue weighted by molar-refractivity contribution is 8.01. The van der Waals surface area contributed by atoms with Crippen molar-refractivity contribution >= 4 is 23.6 Å². The zero-order valence-electron chi connectivity index (χ0n) is 10.3. The van der Waals surface area contributed by atoms with Crippen LogP contribution in [0.3, 0.4) is 0 Å². The summed E-state index contributed by atoms with van der Waals surface area (Å²) in [7, 11) is 0. The summed E-state index contributed by atoms with van der Waals surface area (Å²) in [6.07, 6.45) is 1.40. The van der Waals surface area contributed by atoms with E-state index in [0.717, 1.165) is 6.42 Å². The van der Waals surface area contributed by atoms with E-state index in [-0.39, 0.29) is 17.2 Å². The molecule has 0 aromatic rings. The Balaban J connectivity index is 4.18. The third-order valence-electron chi connectivity index (χ3n) is 2.38. The number of thioether (sulfide) groups is 1. The van der Waals surface area contributed by atoms with Crippen molar-refractivity contribution in [3.05, 3.63) is 0 Å². The summed E-state index contributed by atoms with van der Waals surface area (Å²) in [5, 5.41) is 10.9. The van der Waals surface area contributed by atoms with Gasteiger partial charge in [-0.3, -0.25) is 9.59 Å². The van der Waals surface area contributed by atoms with Gasteiger partial charge in [-0.15, -0.1) is 11.8 Å². The van der Waals surface area contributed by atoms with E-state index in [0.29, 0.717) is 6.42 Å². The quantitative estimate of drug-likeness (QED) is 0.721. The number of carboxylic acids is 1. The van der Waals surface area contributed by atoms with Crippen LogP contribution in [0, 0.1) is 0 Å². The monoisotopic (exact) mass is 247 g/mol. The van der Waals surface area contributed by atoms with Crippen molar-refractivity contribution in [3.63, 3.8) is 0 Å². The highest BCUT2D eigenvalue weighted by Gasteiger charge is 2.23. The molecule has 5 heteroatoms. The summed E-state index contributed by atoms with van der Waals surface area (Å²) in [6, 6.07) is 0.139. The molecule has 0 aromatic carbocycles. The number of hydrogen-bond acceptors (Lipinski definition) is 3. The molecule has 4 nitrogen and oxygen atoms in total. The molecule has 0 aliphatic rings. The lowest BCUT2D eigenvalue weighted by Crippen LogP contribution is -2.38. The maximum absolute atomic E-state index is 11.7. The van der Waals surface area contributed by atoms with E-state index in [4.69, 9.17) is 5.11 Å². The van der Waals surface area contributed by atoms with E-state index < -0.39 is 11.2 Å². The van der Waals surface area contributed by atoms with Crippen LogP contribution in [0.5, 0.6) is 0 Å². The first kappa shape index (κ1) is 15.3. The fraction of sp³-hybridized carbons (Fsp3) is 0.818. The Morgan fingerprint density at radius 2 is 1.81 bits per heavy atom. The van der Waals surface area contributed by atoms with E-state index in [2.05, 4.69) is 5.32 Å². The van der Waals surface area contributed by atoms with E-state index in [1.807, 2.05) is 20.8 Å². The molecule has 94 valence electrons. The number of carbonyl (C=O) groups is 2. The van der Waals surface area contributed by atoms with Crippen LogP contribution in [0.25, 0.3) is 0 Å². The van der Waals surface area contributed by atoms with Gasteiger partial charge < -0.3 is 10.4 Å². The molecule has 0 radical (unpaired) electrons. The van der Waals surface area contributed by atoms with Crippen molar-refractivity contribution < 1.29 is 14.7 Å². The zero-order valence-corrected chi connectivity index (χ0v) is 11.1. The summed E-state index contributed by atoms with van der Waals surface area (Å²) >= 11 is 1.20. The molecule has 0 fully saturated rings. The van der Waals surface area contributed by atoms with Gasteiger partial charge in [0.2, 0.25) is 5.91 Å². The molecule has 2 N–H and O–H groups in total. The number of nitrogens with one attached hydrogen (secondary N) is 1. The Kier molecular flexibility index (Phi) is 7.21. The number of hydrogen-bond donors (Lipinski definition) is 2. The van der Waals surface area contributed by atoms with E-state index in [1.165, 1.54) is 11.8 Å². The molecule has 0 heterocycles. The first-order valence-corrected chi connectivity index (χ1v) is 6.55. The van der Waals surface area contributed by atoms with Gasteiger partial charge in [0.1, 0.15) is 5.25 Å². The molecular weight excluding hydrogens is 226 g/mol. The summed E-state index contributed by atoms with van der Waals surface area (Å²) in [5.41, 5.74) is 0. The average molecular weight is 247 g/mol. The van der Waals surface area contributed by atoms with Gasteiger partial charge in [0.15, 0.2) is 0 Å². The van der Waals surface area contributed by atoms with Crippen molar-refractivity contribution in [3.8, 4) is 0 Å². The molecule has 1 amide bonds. The maximum atomic E-state index is 11.7. The van der Waals surface area contributed by atoms with Gasteiger partial charge in [-0.2, -0.15) is 0 Å². The number of aliphatic carboxylic acids is 1. The molecule has 0 aliphatic heterocycles. The van der Waals surface area contributed by atoms with Crippen molar-refractivity contribution in [2.45, 2.75) is 57.1 Å². The Morgan fingerprint density at radius 1 is 1.25 bits per heavy atom. The van der Waals surface area contributed by atoms with Crippen molar-refractivity contribution in [1.29, 1.82) is 0 Å². The number of amides is 1. The number of rotatable bonds is 7. The predicted octanol–water partition coefficient (Wildman–Crippen LogP) is 1.89. The Morgan fingerprint density at radius 3 is 2.19 bits per heavy atom. The second-order valence-electron chi connectivity index (χ2n) is 3.83. The minimum atomic E-state index is -0.851. The Bertz CT molecular complexity index is 245. The van der Waals surface area contributed by atoms with Crippen LogP contribution in [0.4, 0.5) is 0 Å². The highest BCUT2D eigenvalue weighted by atomic mass is 32.2. The summed E-state index contributed by atoms with van der Waals surface area (Å²) in [5.74, 6) is -0.935. The minimum Gasteiger partial charge on any atom is -0.480 e. The van der Waals surface area contributed by atoms with Crippen LogP contribution in [0.1, 0.15) is 40.5 Å². The third kappa shape index (κ3) is 5.39. The molecule has 0 aliphatic carbocycles. The standard InChI is InChI=1S/C11H21NO3S/c1-5-7(3)12-10(13)8(4)16-9(6-2)11(14)15/h7-9H,5-6H2,1-4H3,(H,12,13)(H,14,15). The third-order valence-corrected chi connectivity index (χ3v) is 3.87. The second-order valence-corrected chi connectivity index (χ2v) is 5.38. The van der Waals surface area contributed by atoms with Gasteiger partial charge in [0, 0.05) is 6.04 Å². The van der Waals surface area contributed by atoms with Crippen molar-refractivity contribution in [1.82, 2.24) is 5.32 Å². The molecule has 0 spiro atoms. The van der Waals surface area contributed by atoms with Gasteiger partial charge in [-0.25, -0.2) is 0 Å². The van der Waals surface area contributed by atoms with Gasteiger partial charge in [0.25, 0.3) is 0 Å². The van der Waals surface area contributed by atoms with E-state index in [9.17, 15) is 9.59 Å². The van der Waals surface area contributed by atoms with Crippen LogP contribution in [0.15, 0.2) is 0 Å². The summed E-state index contributed by atoms with van der Waals surface area (Å²) in [6.45, 7) is 7.48. The lowest BCUT2D eigenvalue weighted by molar-refractivity contribution is -0.136. The van der Waals surface area contributed by atoms with Gasteiger partial charge in [0.05, 0.1) is 5.25 Å². The smallest absolute Gasteiger partial charge is 0.316 e. The highest BCUT2D eigenvalue weighted by Crippen LogP contribution is 2.20. The first-order chi connectivity index (χ1) is 7.42. The fourth-order valence-corrected chi connectivity index (χ4v) is 2.09. The predicted molar refractivity (Wildman–Crippen MR) is 66.7 cm³/mol. The van der Waals surface area contributed by atoms with Gasteiger partial charge in [-0.05, 0) is 26.7 Å². The van der Waals surface area contributed by atoms with Crippen molar-refractivity contribution in [2.75, 3.05) is 0 Å². The average Bonchev–Trinajstić information content (AvgIpc) is 2.24. The van der Waals surface area contributed by atoms with Crippen molar-refractivity contribution in [2.24, 2.45) is 0 Å². The largest absolute Gasteiger partial charge is 0.480 e.